The zero-order chi connectivity index (χ0) is 19.9. The summed E-state index contributed by atoms with van der Waals surface area (Å²) in [7, 11) is 1.64. The van der Waals surface area contributed by atoms with Gasteiger partial charge in [-0.25, -0.2) is 0 Å². The van der Waals surface area contributed by atoms with Crippen molar-refractivity contribution in [2.75, 3.05) is 7.05 Å². The number of hydrogen-bond donors (Lipinski definition) is 3. The van der Waals surface area contributed by atoms with E-state index in [9.17, 15) is 13.9 Å². The summed E-state index contributed by atoms with van der Waals surface area (Å²) in [6.07, 6.45) is 4.30. The van der Waals surface area contributed by atoms with E-state index in [0.717, 1.165) is 24.8 Å². The van der Waals surface area contributed by atoms with Crippen LogP contribution < -0.4 is 15.4 Å². The largest absolute Gasteiger partial charge is 0.508 e. The second-order valence-corrected chi connectivity index (χ2v) is 6.67. The van der Waals surface area contributed by atoms with Crippen LogP contribution in [0.2, 0.25) is 0 Å². The van der Waals surface area contributed by atoms with Gasteiger partial charge in [0.2, 0.25) is 0 Å². The molecule has 0 radical (unpaired) electrons. The van der Waals surface area contributed by atoms with Crippen LogP contribution in [0.5, 0.6) is 11.5 Å². The Labute approximate surface area is 186 Å². The monoisotopic (exact) mass is 517 g/mol. The lowest BCUT2D eigenvalue weighted by Crippen LogP contribution is -2.36. The lowest BCUT2D eigenvalue weighted by atomic mass is 9.88. The van der Waals surface area contributed by atoms with Gasteiger partial charge in [-0.05, 0) is 48.9 Å². The van der Waals surface area contributed by atoms with Gasteiger partial charge in [0.05, 0.1) is 0 Å². The summed E-state index contributed by atoms with van der Waals surface area (Å²) in [6, 6.07) is 10.4. The molecule has 158 valence electrons. The van der Waals surface area contributed by atoms with Crippen LogP contribution in [-0.4, -0.2) is 24.7 Å². The van der Waals surface area contributed by atoms with E-state index >= 15 is 0 Å². The van der Waals surface area contributed by atoms with E-state index in [4.69, 9.17) is 0 Å². The van der Waals surface area contributed by atoms with Crippen molar-refractivity contribution in [2.45, 2.75) is 45.4 Å². The highest BCUT2D eigenvalue weighted by atomic mass is 127. The van der Waals surface area contributed by atoms with Gasteiger partial charge in [-0.2, -0.15) is 8.78 Å². The molecule has 2 aromatic rings. The number of alkyl halides is 2. The first-order chi connectivity index (χ1) is 13.6. The maximum atomic E-state index is 12.5. The van der Waals surface area contributed by atoms with Gasteiger partial charge in [-0.3, -0.25) is 4.99 Å². The molecule has 0 aromatic heterocycles. The van der Waals surface area contributed by atoms with Crippen molar-refractivity contribution in [1.29, 1.82) is 0 Å². The molecule has 0 bridgehead atoms. The van der Waals surface area contributed by atoms with E-state index in [-0.39, 0.29) is 42.0 Å². The Hall–Kier alpha value is -2.10. The summed E-state index contributed by atoms with van der Waals surface area (Å²) in [5.41, 5.74) is 4.00. The Balaban J connectivity index is 0.00000300. The average Bonchev–Trinajstić information content (AvgIpc) is 2.70. The normalized spacial score (nSPS) is 13.4. The highest BCUT2D eigenvalue weighted by Crippen LogP contribution is 2.30. The molecule has 1 aliphatic rings. The average molecular weight is 517 g/mol. The molecule has 0 atom stereocenters. The zero-order valence-corrected chi connectivity index (χ0v) is 18.6. The van der Waals surface area contributed by atoms with Crippen LogP contribution in [0.4, 0.5) is 8.78 Å². The number of rotatable bonds is 6. The lowest BCUT2D eigenvalue weighted by Gasteiger charge is -2.21. The predicted octanol–water partition coefficient (Wildman–Crippen LogP) is 4.36. The van der Waals surface area contributed by atoms with Crippen molar-refractivity contribution in [2.24, 2.45) is 4.99 Å². The van der Waals surface area contributed by atoms with Gasteiger partial charge in [0.25, 0.3) is 0 Å². The Morgan fingerprint density at radius 3 is 2.59 bits per heavy atom. The van der Waals surface area contributed by atoms with Gasteiger partial charge >= 0.3 is 6.61 Å². The van der Waals surface area contributed by atoms with Gasteiger partial charge in [0.1, 0.15) is 11.5 Å². The summed E-state index contributed by atoms with van der Waals surface area (Å²) in [5.74, 6) is 0.925. The summed E-state index contributed by atoms with van der Waals surface area (Å²) in [6.45, 7) is -2.16. The van der Waals surface area contributed by atoms with E-state index in [1.54, 1.807) is 31.3 Å². The van der Waals surface area contributed by atoms with Crippen LogP contribution in [0.3, 0.4) is 0 Å². The van der Waals surface area contributed by atoms with Crippen LogP contribution in [0.1, 0.15) is 35.1 Å². The number of fused-ring (bicyclic) bond motifs is 1. The van der Waals surface area contributed by atoms with E-state index in [0.29, 0.717) is 18.1 Å². The molecule has 0 fully saturated rings. The van der Waals surface area contributed by atoms with E-state index in [2.05, 4.69) is 20.4 Å². The molecule has 0 amide bonds. The van der Waals surface area contributed by atoms with Crippen LogP contribution in [0.15, 0.2) is 41.4 Å². The summed E-state index contributed by atoms with van der Waals surface area (Å²) in [4.78, 5) is 4.17. The third-order valence-corrected chi connectivity index (χ3v) is 4.92. The maximum Gasteiger partial charge on any atom is 0.387 e. The van der Waals surface area contributed by atoms with Crippen molar-refractivity contribution in [1.82, 2.24) is 10.6 Å². The molecule has 1 aliphatic carbocycles. The second kappa shape index (κ2) is 11.2. The number of halogens is 3. The van der Waals surface area contributed by atoms with Crippen LogP contribution in [0.25, 0.3) is 0 Å². The first-order valence-electron chi connectivity index (χ1n) is 9.38. The number of guanidine groups is 1. The van der Waals surface area contributed by atoms with Gasteiger partial charge in [-0.1, -0.05) is 24.3 Å². The fourth-order valence-electron chi connectivity index (χ4n) is 3.52. The first-order valence-corrected chi connectivity index (χ1v) is 9.38. The molecule has 2 aromatic carbocycles. The van der Waals surface area contributed by atoms with Crippen molar-refractivity contribution < 1.29 is 18.6 Å². The first kappa shape index (κ1) is 23.2. The Morgan fingerprint density at radius 1 is 1.10 bits per heavy atom. The number of aromatic hydroxyl groups is 1. The number of ether oxygens (including phenoxy) is 1. The molecule has 0 saturated carbocycles. The molecule has 0 spiro atoms. The third-order valence-electron chi connectivity index (χ3n) is 4.92. The van der Waals surface area contributed by atoms with E-state index in [1.807, 2.05) is 6.07 Å². The highest BCUT2D eigenvalue weighted by molar-refractivity contribution is 14.0. The van der Waals surface area contributed by atoms with Gasteiger partial charge in [-0.15, -0.1) is 24.0 Å². The SMILES string of the molecule is CN=C(NCc1ccccc1OC(F)F)NCc1c(O)ccc2c1CCCC2.I. The number of hydrogen-bond acceptors (Lipinski definition) is 3. The van der Waals surface area contributed by atoms with E-state index < -0.39 is 6.61 Å². The molecule has 3 rings (SSSR count). The topological polar surface area (TPSA) is 65.9 Å². The third kappa shape index (κ3) is 6.19. The number of phenolic OH excluding ortho intramolecular Hbond substituents is 1. The van der Waals surface area contributed by atoms with Crippen molar-refractivity contribution >= 4 is 29.9 Å². The molecule has 0 unspecified atom stereocenters. The molecule has 3 N–H and O–H groups in total. The molecule has 0 heterocycles. The molecule has 8 heteroatoms. The number of para-hydroxylation sites is 1. The number of nitrogens with zero attached hydrogens (tertiary/aromatic N) is 1. The fraction of sp³-hybridized carbons (Fsp3) is 0.381. The Kier molecular flexibility index (Phi) is 8.94. The number of phenols is 1. The van der Waals surface area contributed by atoms with Crippen molar-refractivity contribution in [3.63, 3.8) is 0 Å². The number of nitrogens with one attached hydrogen (secondary N) is 2. The second-order valence-electron chi connectivity index (χ2n) is 6.67. The van der Waals surface area contributed by atoms with E-state index in [1.165, 1.54) is 23.6 Å². The molecule has 5 nitrogen and oxygen atoms in total. The predicted molar refractivity (Wildman–Crippen MR) is 120 cm³/mol. The molecular formula is C21H26F2IN3O2. The standard InChI is InChI=1S/C21H25F2N3O2.HI/c1-24-21(25-12-15-7-3-5-9-19(15)28-20(22)23)26-13-17-16-8-4-2-6-14(16)10-11-18(17)27;/h3,5,7,9-11,20,27H,2,4,6,8,12-13H2,1H3,(H2,24,25,26);1H. The minimum absolute atomic E-state index is 0. The van der Waals surface area contributed by atoms with Gasteiger partial charge < -0.3 is 20.5 Å². The Bertz CT molecular complexity index is 847. The van der Waals surface area contributed by atoms with Crippen molar-refractivity contribution in [3.05, 3.63) is 58.7 Å². The smallest absolute Gasteiger partial charge is 0.387 e. The molecule has 0 aliphatic heterocycles. The Morgan fingerprint density at radius 2 is 1.83 bits per heavy atom. The van der Waals surface area contributed by atoms with Crippen LogP contribution in [0, 0.1) is 0 Å². The lowest BCUT2D eigenvalue weighted by molar-refractivity contribution is -0.0504. The van der Waals surface area contributed by atoms with Crippen molar-refractivity contribution in [3.8, 4) is 11.5 Å². The number of benzene rings is 2. The maximum absolute atomic E-state index is 12.5. The molecule has 29 heavy (non-hydrogen) atoms. The number of aryl methyl sites for hydroxylation is 1. The summed E-state index contributed by atoms with van der Waals surface area (Å²) >= 11 is 0. The molecular weight excluding hydrogens is 491 g/mol. The van der Waals surface area contributed by atoms with Crippen LogP contribution in [-0.2, 0) is 25.9 Å². The summed E-state index contributed by atoms with van der Waals surface area (Å²) < 4.78 is 29.6. The summed E-state index contributed by atoms with van der Waals surface area (Å²) in [5, 5.41) is 16.6. The zero-order valence-electron chi connectivity index (χ0n) is 16.3. The number of aliphatic imine (C=N–C) groups is 1. The highest BCUT2D eigenvalue weighted by Gasteiger charge is 2.16. The van der Waals surface area contributed by atoms with Gasteiger partial charge in [0, 0.05) is 31.3 Å². The van der Waals surface area contributed by atoms with Gasteiger partial charge in [0.15, 0.2) is 5.96 Å². The van der Waals surface area contributed by atoms with Crippen LogP contribution >= 0.6 is 24.0 Å². The minimum atomic E-state index is -2.87. The fourth-order valence-corrected chi connectivity index (χ4v) is 3.52. The quantitative estimate of drug-likeness (QED) is 0.303. The minimum Gasteiger partial charge on any atom is -0.508 e. The molecule has 0 saturated heterocycles.